The van der Waals surface area contributed by atoms with Crippen LogP contribution in [0.3, 0.4) is 0 Å². The summed E-state index contributed by atoms with van der Waals surface area (Å²) in [5.41, 5.74) is 0. The molecule has 0 rings (SSSR count). The third-order valence-electron chi connectivity index (χ3n) is 2.85. The van der Waals surface area contributed by atoms with Crippen molar-refractivity contribution in [2.45, 2.75) is 47.1 Å². The van der Waals surface area contributed by atoms with Crippen LogP contribution < -0.4 is 9.96 Å². The molecular weight excluding hydrogens is 202 g/mol. The van der Waals surface area contributed by atoms with Crippen molar-refractivity contribution in [3.8, 4) is 0 Å². The lowest BCUT2D eigenvalue weighted by atomic mass is 10.6. The maximum atomic E-state index is 3.75. The van der Waals surface area contributed by atoms with E-state index in [1.165, 1.54) is 12.5 Å². The van der Waals surface area contributed by atoms with E-state index in [0.29, 0.717) is 0 Å². The lowest BCUT2D eigenvalue weighted by Gasteiger charge is -2.41. The molecule has 0 aromatic heterocycles. The molecule has 0 unspecified atom stereocenters. The zero-order chi connectivity index (χ0) is 11.7. The van der Waals surface area contributed by atoms with E-state index in [1.807, 2.05) is 0 Å². The smallest absolute Gasteiger partial charge is 0.284 e. The third kappa shape index (κ3) is 4.22. The second-order valence-corrected chi connectivity index (χ2v) is 7.40. The molecule has 0 spiro atoms. The van der Waals surface area contributed by atoms with Crippen LogP contribution in [-0.4, -0.2) is 39.3 Å². The standard InChI is InChI=1S/C11H29N3Si/c1-6-11-15(12-7-2,13-8-3)14(9-4)10-5/h12-13H,6-11H2,1-5H3. The van der Waals surface area contributed by atoms with Gasteiger partial charge in [0.25, 0.3) is 8.56 Å². The molecule has 92 valence electrons. The van der Waals surface area contributed by atoms with Crippen LogP contribution >= 0.6 is 0 Å². The average Bonchev–Trinajstić information content (AvgIpc) is 2.20. The number of hydrogen-bond acceptors (Lipinski definition) is 3. The Kier molecular flexibility index (Phi) is 8.33. The molecule has 15 heavy (non-hydrogen) atoms. The van der Waals surface area contributed by atoms with Crippen molar-refractivity contribution < 1.29 is 0 Å². The Hall–Kier alpha value is 0.0969. The predicted octanol–water partition coefficient (Wildman–Crippen LogP) is 1.90. The fourth-order valence-corrected chi connectivity index (χ4v) is 6.55. The van der Waals surface area contributed by atoms with E-state index >= 15 is 0 Å². The molecular formula is C11H29N3Si. The van der Waals surface area contributed by atoms with Crippen molar-refractivity contribution in [2.24, 2.45) is 0 Å². The molecule has 3 nitrogen and oxygen atoms in total. The first kappa shape index (κ1) is 15.1. The predicted molar refractivity (Wildman–Crippen MR) is 71.1 cm³/mol. The fourth-order valence-electron chi connectivity index (χ4n) is 2.33. The Morgan fingerprint density at radius 3 is 1.60 bits per heavy atom. The summed E-state index contributed by atoms with van der Waals surface area (Å²) in [6, 6.07) is 1.29. The first-order chi connectivity index (χ1) is 7.20. The van der Waals surface area contributed by atoms with Gasteiger partial charge in [-0.2, -0.15) is 0 Å². The van der Waals surface area contributed by atoms with Crippen LogP contribution in [0.5, 0.6) is 0 Å². The number of nitrogens with one attached hydrogen (secondary N) is 2. The molecule has 0 heterocycles. The summed E-state index contributed by atoms with van der Waals surface area (Å²) in [5, 5.41) is 0. The van der Waals surface area contributed by atoms with Crippen molar-refractivity contribution >= 4 is 8.56 Å². The van der Waals surface area contributed by atoms with Crippen LogP contribution in [0.2, 0.25) is 6.04 Å². The van der Waals surface area contributed by atoms with Crippen LogP contribution in [0.4, 0.5) is 0 Å². The second-order valence-electron chi connectivity index (χ2n) is 3.84. The molecule has 0 saturated carbocycles. The van der Waals surface area contributed by atoms with Crippen LogP contribution in [-0.2, 0) is 0 Å². The molecule has 4 heteroatoms. The number of nitrogens with zero attached hydrogens (tertiary/aromatic N) is 1. The Morgan fingerprint density at radius 2 is 1.33 bits per heavy atom. The summed E-state index contributed by atoms with van der Waals surface area (Å²) in [6.45, 7) is 15.6. The molecule has 0 aromatic rings. The van der Waals surface area contributed by atoms with Gasteiger partial charge in [-0.05, 0) is 32.2 Å². The van der Waals surface area contributed by atoms with E-state index in [4.69, 9.17) is 0 Å². The third-order valence-corrected chi connectivity index (χ3v) is 7.67. The topological polar surface area (TPSA) is 27.3 Å². The Bertz CT molecular complexity index is 132. The average molecular weight is 231 g/mol. The van der Waals surface area contributed by atoms with Gasteiger partial charge in [-0.25, -0.2) is 0 Å². The molecule has 0 radical (unpaired) electrons. The molecule has 0 atom stereocenters. The van der Waals surface area contributed by atoms with Gasteiger partial charge in [-0.3, -0.25) is 0 Å². The molecule has 0 bridgehead atoms. The quantitative estimate of drug-likeness (QED) is 0.594. The van der Waals surface area contributed by atoms with Gasteiger partial charge < -0.3 is 14.5 Å². The minimum Gasteiger partial charge on any atom is -0.313 e. The van der Waals surface area contributed by atoms with Crippen LogP contribution in [0.1, 0.15) is 41.0 Å². The highest BCUT2D eigenvalue weighted by atomic mass is 28.4. The van der Waals surface area contributed by atoms with Gasteiger partial charge in [0.1, 0.15) is 0 Å². The van der Waals surface area contributed by atoms with Crippen molar-refractivity contribution in [3.05, 3.63) is 0 Å². The van der Waals surface area contributed by atoms with E-state index < -0.39 is 8.56 Å². The summed E-state index contributed by atoms with van der Waals surface area (Å²) in [5.74, 6) is 0. The Morgan fingerprint density at radius 1 is 0.867 bits per heavy atom. The molecule has 0 aliphatic heterocycles. The monoisotopic (exact) mass is 231 g/mol. The molecule has 0 aliphatic carbocycles. The van der Waals surface area contributed by atoms with Crippen LogP contribution in [0.25, 0.3) is 0 Å². The number of hydrogen-bond donors (Lipinski definition) is 2. The SMILES string of the molecule is CCC[Si](NCC)(NCC)N(CC)CC. The van der Waals surface area contributed by atoms with Crippen molar-refractivity contribution in [1.29, 1.82) is 0 Å². The Labute approximate surface area is 96.9 Å². The highest BCUT2D eigenvalue weighted by Crippen LogP contribution is 2.11. The van der Waals surface area contributed by atoms with Gasteiger partial charge >= 0.3 is 0 Å². The Balaban J connectivity index is 4.71. The van der Waals surface area contributed by atoms with E-state index in [2.05, 4.69) is 49.1 Å². The summed E-state index contributed by atoms with van der Waals surface area (Å²) >= 11 is 0. The minimum atomic E-state index is -1.59. The van der Waals surface area contributed by atoms with E-state index in [-0.39, 0.29) is 0 Å². The zero-order valence-corrected chi connectivity index (χ0v) is 12.2. The normalized spacial score (nSPS) is 12.4. The number of rotatable bonds is 9. The van der Waals surface area contributed by atoms with Crippen LogP contribution in [0.15, 0.2) is 0 Å². The second kappa shape index (κ2) is 8.27. The lowest BCUT2D eigenvalue weighted by molar-refractivity contribution is 0.428. The molecule has 0 amide bonds. The molecule has 0 fully saturated rings. The maximum Gasteiger partial charge on any atom is 0.284 e. The lowest BCUT2D eigenvalue weighted by Crippen LogP contribution is -2.73. The maximum absolute atomic E-state index is 3.75. The minimum absolute atomic E-state index is 1.07. The van der Waals surface area contributed by atoms with Gasteiger partial charge in [-0.15, -0.1) is 0 Å². The molecule has 0 aromatic carbocycles. The van der Waals surface area contributed by atoms with Gasteiger partial charge in [0.15, 0.2) is 0 Å². The highest BCUT2D eigenvalue weighted by molar-refractivity contribution is 6.72. The van der Waals surface area contributed by atoms with Crippen molar-refractivity contribution in [1.82, 2.24) is 14.5 Å². The summed E-state index contributed by atoms with van der Waals surface area (Å²) < 4.78 is 2.61. The van der Waals surface area contributed by atoms with Gasteiger partial charge in [0.05, 0.1) is 0 Å². The van der Waals surface area contributed by atoms with E-state index in [9.17, 15) is 0 Å². The first-order valence-corrected chi connectivity index (χ1v) is 8.61. The van der Waals surface area contributed by atoms with Gasteiger partial charge in [0, 0.05) is 0 Å². The summed E-state index contributed by atoms with van der Waals surface area (Å²) in [7, 11) is -1.59. The van der Waals surface area contributed by atoms with E-state index in [1.54, 1.807) is 0 Å². The van der Waals surface area contributed by atoms with Gasteiger partial charge in [-0.1, -0.05) is 41.0 Å². The fraction of sp³-hybridized carbons (Fsp3) is 1.00. The van der Waals surface area contributed by atoms with Gasteiger partial charge in [0.2, 0.25) is 0 Å². The molecule has 0 saturated heterocycles. The van der Waals surface area contributed by atoms with Crippen LogP contribution in [0, 0.1) is 0 Å². The zero-order valence-electron chi connectivity index (χ0n) is 11.2. The van der Waals surface area contributed by atoms with Crippen molar-refractivity contribution in [3.63, 3.8) is 0 Å². The highest BCUT2D eigenvalue weighted by Gasteiger charge is 2.36. The summed E-state index contributed by atoms with van der Waals surface area (Å²) in [4.78, 5) is 7.51. The van der Waals surface area contributed by atoms with Crippen molar-refractivity contribution in [2.75, 3.05) is 26.2 Å². The summed E-state index contributed by atoms with van der Waals surface area (Å²) in [6.07, 6.45) is 1.25. The molecule has 0 aliphatic rings. The van der Waals surface area contributed by atoms with E-state index in [0.717, 1.165) is 26.2 Å². The molecule has 2 N–H and O–H groups in total. The first-order valence-electron chi connectivity index (χ1n) is 6.45. The largest absolute Gasteiger partial charge is 0.313 e.